The predicted octanol–water partition coefficient (Wildman–Crippen LogP) is 2.99. The van der Waals surface area contributed by atoms with E-state index in [1.807, 2.05) is 20.8 Å². The van der Waals surface area contributed by atoms with E-state index in [-0.39, 0.29) is 4.90 Å². The summed E-state index contributed by atoms with van der Waals surface area (Å²) in [6.45, 7) is 5.70. The first kappa shape index (κ1) is 14.4. The van der Waals surface area contributed by atoms with Gasteiger partial charge in [0, 0.05) is 5.69 Å². The van der Waals surface area contributed by atoms with Gasteiger partial charge < -0.3 is 5.73 Å². The summed E-state index contributed by atoms with van der Waals surface area (Å²) in [4.78, 5) is 0.250. The number of hydrogen-bond donors (Lipinski definition) is 2. The molecule has 0 saturated heterocycles. The Hall–Kier alpha value is -2.01. The zero-order valence-electron chi connectivity index (χ0n) is 11.8. The summed E-state index contributed by atoms with van der Waals surface area (Å²) < 4.78 is 27.2. The predicted molar refractivity (Wildman–Crippen MR) is 82.3 cm³/mol. The average molecular weight is 290 g/mol. The second-order valence-electron chi connectivity index (χ2n) is 4.92. The van der Waals surface area contributed by atoms with Crippen LogP contribution >= 0.6 is 0 Å². The summed E-state index contributed by atoms with van der Waals surface area (Å²) in [6.07, 6.45) is 0. The quantitative estimate of drug-likeness (QED) is 0.854. The van der Waals surface area contributed by atoms with Crippen LogP contribution in [0.5, 0.6) is 0 Å². The Bertz CT molecular complexity index is 752. The Balaban J connectivity index is 2.35. The Morgan fingerprint density at radius 2 is 1.55 bits per heavy atom. The van der Waals surface area contributed by atoms with Crippen LogP contribution in [0, 0.1) is 20.8 Å². The van der Waals surface area contributed by atoms with Crippen molar-refractivity contribution in [1.29, 1.82) is 0 Å². The van der Waals surface area contributed by atoms with Crippen molar-refractivity contribution in [2.24, 2.45) is 0 Å². The molecule has 0 atom stereocenters. The molecule has 0 radical (unpaired) electrons. The first-order valence-electron chi connectivity index (χ1n) is 6.26. The fraction of sp³-hybridized carbons (Fsp3) is 0.200. The van der Waals surface area contributed by atoms with E-state index in [0.717, 1.165) is 16.7 Å². The zero-order valence-corrected chi connectivity index (χ0v) is 12.6. The van der Waals surface area contributed by atoms with Gasteiger partial charge >= 0.3 is 0 Å². The topological polar surface area (TPSA) is 72.2 Å². The number of hydrogen-bond acceptors (Lipinski definition) is 3. The third kappa shape index (κ3) is 2.93. The van der Waals surface area contributed by atoms with Gasteiger partial charge in [0.1, 0.15) is 0 Å². The molecule has 2 aromatic carbocycles. The lowest BCUT2D eigenvalue weighted by Crippen LogP contribution is -2.13. The first-order chi connectivity index (χ1) is 9.29. The van der Waals surface area contributed by atoms with Crippen molar-refractivity contribution in [3.8, 4) is 0 Å². The summed E-state index contributed by atoms with van der Waals surface area (Å²) in [7, 11) is -3.59. The molecule has 5 heteroatoms. The third-order valence-corrected chi connectivity index (χ3v) is 4.70. The highest BCUT2D eigenvalue weighted by atomic mass is 32.2. The van der Waals surface area contributed by atoms with Crippen molar-refractivity contribution in [2.45, 2.75) is 25.7 Å². The summed E-state index contributed by atoms with van der Waals surface area (Å²) in [5, 5.41) is 0. The number of nitrogens with two attached hydrogens (primary N) is 1. The van der Waals surface area contributed by atoms with Crippen molar-refractivity contribution in [3.05, 3.63) is 53.1 Å². The fourth-order valence-corrected chi connectivity index (χ4v) is 2.93. The van der Waals surface area contributed by atoms with Crippen molar-refractivity contribution in [1.82, 2.24) is 0 Å². The number of nitrogens with one attached hydrogen (secondary N) is 1. The Labute approximate surface area is 119 Å². The minimum Gasteiger partial charge on any atom is -0.398 e. The highest BCUT2D eigenvalue weighted by Crippen LogP contribution is 2.21. The molecule has 0 aliphatic rings. The SMILES string of the molecule is Cc1ccc(S(=O)(=O)Nc2ccc(C)c(N)c2)cc1C. The van der Waals surface area contributed by atoms with Crippen LogP contribution in [0.1, 0.15) is 16.7 Å². The van der Waals surface area contributed by atoms with E-state index in [1.165, 1.54) is 0 Å². The standard InChI is InChI=1S/C15H18N2O2S/c1-10-5-7-14(8-12(10)3)20(18,19)17-13-6-4-11(2)15(16)9-13/h4-9,17H,16H2,1-3H3. The number of nitrogen functional groups attached to an aromatic ring is 1. The molecular formula is C15H18N2O2S. The van der Waals surface area contributed by atoms with Gasteiger partial charge in [-0.1, -0.05) is 12.1 Å². The average Bonchev–Trinajstić information content (AvgIpc) is 2.37. The van der Waals surface area contributed by atoms with Crippen LogP contribution in [0.4, 0.5) is 11.4 Å². The molecule has 3 N–H and O–H groups in total. The van der Waals surface area contributed by atoms with E-state index in [2.05, 4.69) is 4.72 Å². The Kier molecular flexibility index (Phi) is 3.72. The largest absolute Gasteiger partial charge is 0.398 e. The van der Waals surface area contributed by atoms with E-state index in [0.29, 0.717) is 11.4 Å². The van der Waals surface area contributed by atoms with Gasteiger partial charge in [-0.3, -0.25) is 4.72 Å². The van der Waals surface area contributed by atoms with Crippen LogP contribution in [-0.4, -0.2) is 8.42 Å². The molecule has 0 heterocycles. The highest BCUT2D eigenvalue weighted by molar-refractivity contribution is 7.92. The van der Waals surface area contributed by atoms with E-state index in [4.69, 9.17) is 5.73 Å². The van der Waals surface area contributed by atoms with Gasteiger partial charge in [0.25, 0.3) is 10.0 Å². The molecule has 4 nitrogen and oxygen atoms in total. The van der Waals surface area contributed by atoms with E-state index >= 15 is 0 Å². The van der Waals surface area contributed by atoms with E-state index in [9.17, 15) is 8.42 Å². The lowest BCUT2D eigenvalue weighted by Gasteiger charge is -2.11. The number of aryl methyl sites for hydroxylation is 3. The van der Waals surface area contributed by atoms with Gasteiger partial charge in [-0.2, -0.15) is 0 Å². The minimum atomic E-state index is -3.59. The molecule has 0 aliphatic carbocycles. The number of rotatable bonds is 3. The van der Waals surface area contributed by atoms with Gasteiger partial charge in [-0.05, 0) is 61.7 Å². The first-order valence-corrected chi connectivity index (χ1v) is 7.74. The van der Waals surface area contributed by atoms with Crippen LogP contribution in [0.25, 0.3) is 0 Å². The van der Waals surface area contributed by atoms with Gasteiger partial charge in [0.2, 0.25) is 0 Å². The number of benzene rings is 2. The van der Waals surface area contributed by atoms with Crippen molar-refractivity contribution in [3.63, 3.8) is 0 Å². The molecule has 0 unspecified atom stereocenters. The van der Waals surface area contributed by atoms with Gasteiger partial charge in [-0.15, -0.1) is 0 Å². The molecule has 2 rings (SSSR count). The van der Waals surface area contributed by atoms with Gasteiger partial charge in [-0.25, -0.2) is 8.42 Å². The summed E-state index contributed by atoms with van der Waals surface area (Å²) in [5.74, 6) is 0. The molecule has 0 bridgehead atoms. The lowest BCUT2D eigenvalue weighted by atomic mass is 10.1. The number of anilines is 2. The highest BCUT2D eigenvalue weighted by Gasteiger charge is 2.15. The summed E-state index contributed by atoms with van der Waals surface area (Å²) >= 11 is 0. The van der Waals surface area contributed by atoms with Crippen LogP contribution in [0.15, 0.2) is 41.3 Å². The molecule has 2 aromatic rings. The van der Waals surface area contributed by atoms with Crippen molar-refractivity contribution in [2.75, 3.05) is 10.5 Å². The maximum atomic E-state index is 12.3. The molecule has 20 heavy (non-hydrogen) atoms. The van der Waals surface area contributed by atoms with Crippen LogP contribution in [0.2, 0.25) is 0 Å². The van der Waals surface area contributed by atoms with Gasteiger partial charge in [0.15, 0.2) is 0 Å². The molecule has 0 spiro atoms. The van der Waals surface area contributed by atoms with Crippen LogP contribution < -0.4 is 10.5 Å². The Morgan fingerprint density at radius 1 is 0.900 bits per heavy atom. The van der Waals surface area contributed by atoms with E-state index < -0.39 is 10.0 Å². The van der Waals surface area contributed by atoms with Crippen molar-refractivity contribution >= 4 is 21.4 Å². The molecule has 0 aromatic heterocycles. The van der Waals surface area contributed by atoms with Crippen LogP contribution in [-0.2, 0) is 10.0 Å². The monoisotopic (exact) mass is 290 g/mol. The molecule has 0 amide bonds. The maximum Gasteiger partial charge on any atom is 0.261 e. The van der Waals surface area contributed by atoms with Crippen molar-refractivity contribution < 1.29 is 8.42 Å². The second kappa shape index (κ2) is 5.17. The summed E-state index contributed by atoms with van der Waals surface area (Å²) in [5.41, 5.74) is 9.73. The minimum absolute atomic E-state index is 0.250. The number of sulfonamides is 1. The molecule has 0 saturated carbocycles. The normalized spacial score (nSPS) is 11.3. The smallest absolute Gasteiger partial charge is 0.261 e. The maximum absolute atomic E-state index is 12.3. The van der Waals surface area contributed by atoms with E-state index in [1.54, 1.807) is 36.4 Å². The summed E-state index contributed by atoms with van der Waals surface area (Å²) in [6, 6.07) is 10.2. The fourth-order valence-electron chi connectivity index (χ4n) is 1.80. The van der Waals surface area contributed by atoms with Crippen LogP contribution in [0.3, 0.4) is 0 Å². The second-order valence-corrected chi connectivity index (χ2v) is 6.61. The molecular weight excluding hydrogens is 272 g/mol. The molecule has 0 aliphatic heterocycles. The third-order valence-electron chi connectivity index (χ3n) is 3.32. The Morgan fingerprint density at radius 3 is 2.15 bits per heavy atom. The van der Waals surface area contributed by atoms with Gasteiger partial charge in [0.05, 0.1) is 10.6 Å². The lowest BCUT2D eigenvalue weighted by molar-refractivity contribution is 0.601. The zero-order chi connectivity index (χ0) is 14.9. The molecule has 0 fully saturated rings. The molecule has 106 valence electrons.